The van der Waals surface area contributed by atoms with Gasteiger partial charge in [-0.3, -0.25) is 4.99 Å². The second-order valence-corrected chi connectivity index (χ2v) is 6.01. The van der Waals surface area contributed by atoms with Crippen LogP contribution in [0.5, 0.6) is 5.75 Å². The summed E-state index contributed by atoms with van der Waals surface area (Å²) in [5.74, 6) is 0.511. The van der Waals surface area contributed by atoms with E-state index in [1.807, 2.05) is 13.8 Å². The molecule has 1 unspecified atom stereocenters. The van der Waals surface area contributed by atoms with E-state index < -0.39 is 5.60 Å². The zero-order chi connectivity index (χ0) is 16.7. The van der Waals surface area contributed by atoms with Gasteiger partial charge in [0, 0.05) is 6.54 Å². The highest BCUT2D eigenvalue weighted by Crippen LogP contribution is 2.31. The maximum Gasteiger partial charge on any atom is 0.191 e. The van der Waals surface area contributed by atoms with Crippen molar-refractivity contribution < 1.29 is 14.2 Å². The second-order valence-electron chi connectivity index (χ2n) is 6.01. The van der Waals surface area contributed by atoms with Crippen molar-refractivity contribution in [2.24, 2.45) is 4.99 Å². The Balaban J connectivity index is 0.00000288. The van der Waals surface area contributed by atoms with Gasteiger partial charge in [-0.05, 0) is 45.2 Å². The van der Waals surface area contributed by atoms with Crippen LogP contribution in [0, 0.1) is 5.82 Å². The van der Waals surface area contributed by atoms with E-state index in [9.17, 15) is 9.50 Å². The standard InChI is InChI=1S/C17H26FN3O2.HI/c1-3-19-16(21-12-17(22)9-6-10-17)20-11-13(2)23-15-8-5-4-7-14(15)18;/h4-5,7-8,13,22H,3,6,9-12H2,1-2H3,(H2,19,20,21);1H. The number of nitrogens with one attached hydrogen (secondary N) is 2. The van der Waals surface area contributed by atoms with Crippen LogP contribution in [0.3, 0.4) is 0 Å². The molecule has 5 nitrogen and oxygen atoms in total. The molecular formula is C17H27FIN3O2. The molecule has 0 radical (unpaired) electrons. The molecule has 0 aromatic heterocycles. The molecule has 24 heavy (non-hydrogen) atoms. The molecule has 0 amide bonds. The van der Waals surface area contributed by atoms with E-state index in [4.69, 9.17) is 4.74 Å². The lowest BCUT2D eigenvalue weighted by Gasteiger charge is -2.35. The van der Waals surface area contributed by atoms with Crippen molar-refractivity contribution in [3.8, 4) is 5.75 Å². The van der Waals surface area contributed by atoms with Crippen LogP contribution in [-0.4, -0.2) is 42.4 Å². The molecule has 1 saturated carbocycles. The number of halogens is 2. The monoisotopic (exact) mass is 451 g/mol. The highest BCUT2D eigenvalue weighted by Gasteiger charge is 2.34. The van der Waals surface area contributed by atoms with Crippen molar-refractivity contribution in [2.45, 2.75) is 44.8 Å². The highest BCUT2D eigenvalue weighted by atomic mass is 127. The molecule has 1 atom stereocenters. The minimum absolute atomic E-state index is 0. The predicted octanol–water partition coefficient (Wildman–Crippen LogP) is 2.68. The molecule has 1 aromatic rings. The van der Waals surface area contributed by atoms with Crippen LogP contribution in [0.1, 0.15) is 33.1 Å². The molecule has 0 saturated heterocycles. The maximum absolute atomic E-state index is 13.6. The number of benzene rings is 1. The summed E-state index contributed by atoms with van der Waals surface area (Å²) in [5, 5.41) is 16.4. The zero-order valence-corrected chi connectivity index (χ0v) is 16.5. The number of para-hydroxylation sites is 1. The van der Waals surface area contributed by atoms with Crippen molar-refractivity contribution in [3.63, 3.8) is 0 Å². The number of rotatable bonds is 7. The average molecular weight is 451 g/mol. The van der Waals surface area contributed by atoms with Gasteiger partial charge in [0.25, 0.3) is 0 Å². The third kappa shape index (κ3) is 6.43. The number of hydrogen-bond acceptors (Lipinski definition) is 3. The van der Waals surface area contributed by atoms with E-state index in [-0.39, 0.29) is 41.6 Å². The number of guanidine groups is 1. The Labute approximate surface area is 160 Å². The molecule has 0 aliphatic heterocycles. The molecule has 1 aromatic carbocycles. The van der Waals surface area contributed by atoms with Gasteiger partial charge in [0.15, 0.2) is 17.5 Å². The minimum atomic E-state index is -0.641. The van der Waals surface area contributed by atoms with Gasteiger partial charge >= 0.3 is 0 Å². The van der Waals surface area contributed by atoms with Gasteiger partial charge < -0.3 is 20.5 Å². The Hall–Kier alpha value is -1.09. The molecule has 1 aliphatic carbocycles. The fourth-order valence-electron chi connectivity index (χ4n) is 2.35. The fraction of sp³-hybridized carbons (Fsp3) is 0.588. The molecule has 3 N–H and O–H groups in total. The summed E-state index contributed by atoms with van der Waals surface area (Å²) in [7, 11) is 0. The van der Waals surface area contributed by atoms with Crippen LogP contribution in [0.2, 0.25) is 0 Å². The summed E-state index contributed by atoms with van der Waals surface area (Å²) >= 11 is 0. The largest absolute Gasteiger partial charge is 0.486 e. The Kier molecular flexibility index (Phi) is 8.75. The van der Waals surface area contributed by atoms with Crippen LogP contribution in [-0.2, 0) is 0 Å². The third-order valence-electron chi connectivity index (χ3n) is 3.88. The van der Waals surface area contributed by atoms with Gasteiger partial charge in [-0.1, -0.05) is 12.1 Å². The van der Waals surface area contributed by atoms with E-state index in [1.165, 1.54) is 6.07 Å². The Morgan fingerprint density at radius 3 is 2.67 bits per heavy atom. The SMILES string of the molecule is CCNC(=NCC1(O)CCC1)NCC(C)Oc1ccccc1F.I. The zero-order valence-electron chi connectivity index (χ0n) is 14.2. The summed E-state index contributed by atoms with van der Waals surface area (Å²) in [4.78, 5) is 4.42. The minimum Gasteiger partial charge on any atom is -0.486 e. The van der Waals surface area contributed by atoms with Crippen molar-refractivity contribution in [3.05, 3.63) is 30.1 Å². The molecule has 1 aliphatic rings. The van der Waals surface area contributed by atoms with E-state index in [1.54, 1.807) is 18.2 Å². The van der Waals surface area contributed by atoms with Crippen LogP contribution in [0.4, 0.5) is 4.39 Å². The van der Waals surface area contributed by atoms with Gasteiger partial charge in [-0.2, -0.15) is 0 Å². The summed E-state index contributed by atoms with van der Waals surface area (Å²) in [6.07, 6.45) is 2.46. The normalized spacial score (nSPS) is 17.2. The first-order valence-electron chi connectivity index (χ1n) is 8.18. The van der Waals surface area contributed by atoms with Crippen molar-refractivity contribution in [1.29, 1.82) is 0 Å². The second kappa shape index (κ2) is 10.0. The topological polar surface area (TPSA) is 65.9 Å². The van der Waals surface area contributed by atoms with Crippen LogP contribution in [0.15, 0.2) is 29.3 Å². The first-order valence-corrected chi connectivity index (χ1v) is 8.18. The first kappa shape index (κ1) is 21.0. The van der Waals surface area contributed by atoms with E-state index >= 15 is 0 Å². The molecule has 1 fully saturated rings. The van der Waals surface area contributed by atoms with Gasteiger partial charge in [0.1, 0.15) is 6.10 Å². The average Bonchev–Trinajstić information content (AvgIpc) is 2.50. The third-order valence-corrected chi connectivity index (χ3v) is 3.88. The number of aliphatic hydroxyl groups is 1. The Morgan fingerprint density at radius 2 is 2.08 bits per heavy atom. The van der Waals surface area contributed by atoms with E-state index in [2.05, 4.69) is 15.6 Å². The maximum atomic E-state index is 13.6. The predicted molar refractivity (Wildman–Crippen MR) is 105 cm³/mol. The van der Waals surface area contributed by atoms with E-state index in [0.717, 1.165) is 25.8 Å². The molecule has 7 heteroatoms. The van der Waals surface area contributed by atoms with Gasteiger partial charge in [-0.15, -0.1) is 24.0 Å². The Bertz CT molecular complexity index is 538. The molecule has 136 valence electrons. The molecular weight excluding hydrogens is 424 g/mol. The summed E-state index contributed by atoms with van der Waals surface area (Å²) in [6.45, 7) is 5.45. The summed E-state index contributed by atoms with van der Waals surface area (Å²) < 4.78 is 19.1. The van der Waals surface area contributed by atoms with Crippen LogP contribution < -0.4 is 15.4 Å². The molecule has 2 rings (SSSR count). The highest BCUT2D eigenvalue weighted by molar-refractivity contribution is 14.0. The lowest BCUT2D eigenvalue weighted by Crippen LogP contribution is -2.45. The Morgan fingerprint density at radius 1 is 1.38 bits per heavy atom. The quantitative estimate of drug-likeness (QED) is 0.339. The van der Waals surface area contributed by atoms with Gasteiger partial charge in [-0.25, -0.2) is 4.39 Å². The van der Waals surface area contributed by atoms with Crippen molar-refractivity contribution in [1.82, 2.24) is 10.6 Å². The van der Waals surface area contributed by atoms with Crippen molar-refractivity contribution >= 4 is 29.9 Å². The number of nitrogens with zero attached hydrogens (tertiary/aromatic N) is 1. The lowest BCUT2D eigenvalue weighted by atomic mass is 9.80. The molecule has 0 spiro atoms. The molecule has 0 heterocycles. The van der Waals surface area contributed by atoms with Crippen LogP contribution in [0.25, 0.3) is 0 Å². The fourth-order valence-corrected chi connectivity index (χ4v) is 2.35. The summed E-state index contributed by atoms with van der Waals surface area (Å²) in [5.41, 5.74) is -0.641. The lowest BCUT2D eigenvalue weighted by molar-refractivity contribution is -0.0236. The van der Waals surface area contributed by atoms with Gasteiger partial charge in [0.2, 0.25) is 0 Å². The first-order chi connectivity index (χ1) is 11.0. The van der Waals surface area contributed by atoms with Gasteiger partial charge in [0.05, 0.1) is 18.7 Å². The summed E-state index contributed by atoms with van der Waals surface area (Å²) in [6, 6.07) is 6.35. The number of ether oxygens (including phenoxy) is 1. The van der Waals surface area contributed by atoms with Crippen molar-refractivity contribution in [2.75, 3.05) is 19.6 Å². The van der Waals surface area contributed by atoms with Crippen LogP contribution >= 0.6 is 24.0 Å². The number of hydrogen-bond donors (Lipinski definition) is 3. The smallest absolute Gasteiger partial charge is 0.191 e. The number of aliphatic imine (C=N–C) groups is 1. The van der Waals surface area contributed by atoms with E-state index in [0.29, 0.717) is 19.0 Å². The molecule has 0 bridgehead atoms.